The Balaban J connectivity index is 1.33. The molecule has 0 aromatic heterocycles. The number of carbonyl (C=O) groups is 1. The minimum atomic E-state index is -0.155. The van der Waals surface area contributed by atoms with Gasteiger partial charge in [-0.25, -0.2) is 4.79 Å². The molecule has 1 N–H and O–H groups in total. The highest BCUT2D eigenvalue weighted by Gasteiger charge is 2.16. The lowest BCUT2D eigenvalue weighted by Gasteiger charge is -2.21. The van der Waals surface area contributed by atoms with Crippen molar-refractivity contribution in [3.63, 3.8) is 0 Å². The van der Waals surface area contributed by atoms with E-state index in [4.69, 9.17) is 18.9 Å². The lowest BCUT2D eigenvalue weighted by Crippen LogP contribution is -2.36. The van der Waals surface area contributed by atoms with E-state index in [0.717, 1.165) is 28.4 Å². The van der Waals surface area contributed by atoms with E-state index in [1.54, 1.807) is 11.9 Å². The van der Waals surface area contributed by atoms with Crippen LogP contribution >= 0.6 is 0 Å². The monoisotopic (exact) mass is 356 g/mol. The van der Waals surface area contributed by atoms with Crippen LogP contribution in [0.15, 0.2) is 36.4 Å². The molecule has 7 heteroatoms. The van der Waals surface area contributed by atoms with Gasteiger partial charge in [0.15, 0.2) is 23.0 Å². The molecule has 4 rings (SSSR count). The lowest BCUT2D eigenvalue weighted by atomic mass is 10.2. The summed E-state index contributed by atoms with van der Waals surface area (Å²) < 4.78 is 21.7. The average Bonchev–Trinajstić information content (AvgIpc) is 3.13. The molecule has 2 amide bonds. The summed E-state index contributed by atoms with van der Waals surface area (Å²) in [5.74, 6) is 2.91. The Morgan fingerprint density at radius 2 is 1.54 bits per heavy atom. The molecule has 0 unspecified atom stereocenters. The van der Waals surface area contributed by atoms with Crippen LogP contribution in [0.3, 0.4) is 0 Å². The summed E-state index contributed by atoms with van der Waals surface area (Å²) in [6, 6.07) is 11.2. The maximum Gasteiger partial charge on any atom is 0.317 e. The molecule has 0 spiro atoms. The van der Waals surface area contributed by atoms with Crippen LogP contribution in [-0.2, 0) is 13.1 Å². The Labute approximate surface area is 151 Å². The first-order chi connectivity index (χ1) is 12.7. The average molecular weight is 356 g/mol. The largest absolute Gasteiger partial charge is 0.486 e. The highest BCUT2D eigenvalue weighted by molar-refractivity contribution is 5.74. The van der Waals surface area contributed by atoms with Crippen molar-refractivity contribution in [3.05, 3.63) is 47.5 Å². The zero-order valence-corrected chi connectivity index (χ0v) is 14.5. The molecule has 0 atom stereocenters. The highest BCUT2D eigenvalue weighted by Crippen LogP contribution is 2.32. The van der Waals surface area contributed by atoms with Crippen LogP contribution in [0.2, 0.25) is 0 Å². The Kier molecular flexibility index (Phi) is 4.43. The van der Waals surface area contributed by atoms with Crippen LogP contribution in [0.4, 0.5) is 4.79 Å². The maximum absolute atomic E-state index is 12.3. The summed E-state index contributed by atoms with van der Waals surface area (Å²) in [6.45, 7) is 2.24. The summed E-state index contributed by atoms with van der Waals surface area (Å²) >= 11 is 0. The number of hydrogen-bond donors (Lipinski definition) is 1. The van der Waals surface area contributed by atoms with Gasteiger partial charge in [-0.2, -0.15) is 0 Å². The van der Waals surface area contributed by atoms with Gasteiger partial charge in [0.05, 0.1) is 0 Å². The van der Waals surface area contributed by atoms with Gasteiger partial charge in [0, 0.05) is 20.1 Å². The van der Waals surface area contributed by atoms with Crippen molar-refractivity contribution in [1.29, 1.82) is 0 Å². The number of rotatable bonds is 4. The molecule has 2 aliphatic rings. The van der Waals surface area contributed by atoms with Crippen molar-refractivity contribution < 1.29 is 23.7 Å². The molecule has 0 fully saturated rings. The van der Waals surface area contributed by atoms with E-state index in [1.807, 2.05) is 36.4 Å². The quantitative estimate of drug-likeness (QED) is 0.912. The molecule has 0 aliphatic carbocycles. The Bertz CT molecular complexity index is 824. The molecule has 2 aromatic rings. The van der Waals surface area contributed by atoms with Gasteiger partial charge in [0.1, 0.15) is 13.2 Å². The Hall–Kier alpha value is -3.09. The van der Waals surface area contributed by atoms with E-state index in [1.165, 1.54) is 0 Å². The second kappa shape index (κ2) is 7.03. The molecule has 2 heterocycles. The molecular weight excluding hydrogens is 336 g/mol. The first-order valence-corrected chi connectivity index (χ1v) is 8.45. The fraction of sp³-hybridized carbons (Fsp3) is 0.316. The van der Waals surface area contributed by atoms with E-state index in [0.29, 0.717) is 32.1 Å². The molecule has 7 nitrogen and oxygen atoms in total. The summed E-state index contributed by atoms with van der Waals surface area (Å²) in [4.78, 5) is 14.0. The number of amides is 2. The molecule has 136 valence electrons. The van der Waals surface area contributed by atoms with Crippen molar-refractivity contribution in [1.82, 2.24) is 10.2 Å². The van der Waals surface area contributed by atoms with Crippen molar-refractivity contribution in [3.8, 4) is 23.0 Å². The third kappa shape index (κ3) is 3.46. The number of ether oxygens (including phenoxy) is 4. The first kappa shape index (κ1) is 16.4. The molecule has 26 heavy (non-hydrogen) atoms. The summed E-state index contributed by atoms with van der Waals surface area (Å²) in [5, 5.41) is 2.91. The number of carbonyl (C=O) groups excluding carboxylic acids is 1. The van der Waals surface area contributed by atoms with Gasteiger partial charge in [-0.15, -0.1) is 0 Å². The number of nitrogens with zero attached hydrogens (tertiary/aromatic N) is 1. The van der Waals surface area contributed by atoms with E-state index in [-0.39, 0.29) is 12.8 Å². The molecular formula is C19H20N2O5. The Morgan fingerprint density at radius 1 is 0.923 bits per heavy atom. The Morgan fingerprint density at radius 3 is 2.38 bits per heavy atom. The topological polar surface area (TPSA) is 69.3 Å². The van der Waals surface area contributed by atoms with Crippen LogP contribution in [0, 0.1) is 0 Å². The number of nitrogens with one attached hydrogen (secondary N) is 1. The van der Waals surface area contributed by atoms with Crippen LogP contribution in [-0.4, -0.2) is 38.0 Å². The van der Waals surface area contributed by atoms with E-state index >= 15 is 0 Å². The fourth-order valence-electron chi connectivity index (χ4n) is 2.90. The predicted molar refractivity (Wildman–Crippen MR) is 93.7 cm³/mol. The third-order valence-electron chi connectivity index (χ3n) is 4.25. The number of fused-ring (bicyclic) bond motifs is 2. The fourth-order valence-corrected chi connectivity index (χ4v) is 2.90. The minimum Gasteiger partial charge on any atom is -0.486 e. The smallest absolute Gasteiger partial charge is 0.317 e. The van der Waals surface area contributed by atoms with Gasteiger partial charge in [-0.1, -0.05) is 12.1 Å². The minimum absolute atomic E-state index is 0.155. The van der Waals surface area contributed by atoms with E-state index in [9.17, 15) is 4.79 Å². The summed E-state index contributed by atoms with van der Waals surface area (Å²) in [5.41, 5.74) is 1.94. The number of urea groups is 1. The molecule has 2 aliphatic heterocycles. The van der Waals surface area contributed by atoms with Gasteiger partial charge < -0.3 is 29.2 Å². The normalized spacial score (nSPS) is 14.0. The molecule has 2 aromatic carbocycles. The summed E-state index contributed by atoms with van der Waals surface area (Å²) in [6.07, 6.45) is 0. The highest BCUT2D eigenvalue weighted by atomic mass is 16.7. The molecule has 0 saturated carbocycles. The van der Waals surface area contributed by atoms with Gasteiger partial charge in [-0.05, 0) is 35.4 Å². The second-order valence-electron chi connectivity index (χ2n) is 6.18. The van der Waals surface area contributed by atoms with Gasteiger partial charge >= 0.3 is 6.03 Å². The zero-order valence-electron chi connectivity index (χ0n) is 14.5. The first-order valence-electron chi connectivity index (χ1n) is 8.45. The molecule has 0 saturated heterocycles. The van der Waals surface area contributed by atoms with Crippen LogP contribution in [0.5, 0.6) is 23.0 Å². The predicted octanol–water partition coefficient (Wildman–Crippen LogP) is 2.53. The van der Waals surface area contributed by atoms with Crippen LogP contribution in [0.1, 0.15) is 11.1 Å². The van der Waals surface area contributed by atoms with Crippen molar-refractivity contribution >= 4 is 6.03 Å². The number of hydrogen-bond acceptors (Lipinski definition) is 5. The van der Waals surface area contributed by atoms with Crippen LogP contribution < -0.4 is 24.3 Å². The maximum atomic E-state index is 12.3. The van der Waals surface area contributed by atoms with Gasteiger partial charge in [0.2, 0.25) is 6.79 Å². The van der Waals surface area contributed by atoms with E-state index < -0.39 is 0 Å². The van der Waals surface area contributed by atoms with Crippen LogP contribution in [0.25, 0.3) is 0 Å². The second-order valence-corrected chi connectivity index (χ2v) is 6.18. The lowest BCUT2D eigenvalue weighted by molar-refractivity contribution is 0.171. The van der Waals surface area contributed by atoms with Gasteiger partial charge in [0.25, 0.3) is 0 Å². The number of benzene rings is 2. The zero-order chi connectivity index (χ0) is 17.9. The van der Waals surface area contributed by atoms with Crippen molar-refractivity contribution in [2.24, 2.45) is 0 Å². The molecule has 0 bridgehead atoms. The standard InChI is InChI=1S/C19H20N2O5/c1-21(11-14-3-5-15-17(9-14)24-7-6-23-15)19(22)20-10-13-2-4-16-18(8-13)26-12-25-16/h2-5,8-9H,6-7,10-12H2,1H3,(H,20,22). The molecule has 0 radical (unpaired) electrons. The van der Waals surface area contributed by atoms with Crippen molar-refractivity contribution in [2.45, 2.75) is 13.1 Å². The van der Waals surface area contributed by atoms with Gasteiger partial charge in [-0.3, -0.25) is 0 Å². The van der Waals surface area contributed by atoms with Crippen molar-refractivity contribution in [2.75, 3.05) is 27.1 Å². The van der Waals surface area contributed by atoms with E-state index in [2.05, 4.69) is 5.32 Å². The summed E-state index contributed by atoms with van der Waals surface area (Å²) in [7, 11) is 1.76. The SMILES string of the molecule is CN(Cc1ccc2c(c1)OCCO2)C(=O)NCc1ccc2c(c1)OCO2. The third-order valence-corrected chi connectivity index (χ3v) is 4.25.